The fraction of sp³-hybridized carbons (Fsp3) is 0.611. The van der Waals surface area contributed by atoms with Gasteiger partial charge in [-0.25, -0.2) is 8.78 Å². The summed E-state index contributed by atoms with van der Waals surface area (Å²) >= 11 is 0. The van der Waals surface area contributed by atoms with Crippen LogP contribution in [0.1, 0.15) is 24.8 Å². The molecule has 0 spiro atoms. The summed E-state index contributed by atoms with van der Waals surface area (Å²) in [4.78, 5) is 4.09. The van der Waals surface area contributed by atoms with E-state index >= 15 is 0 Å². The van der Waals surface area contributed by atoms with Gasteiger partial charge in [-0.05, 0) is 37.8 Å². The molecule has 1 fully saturated rings. The SMILES string of the molecule is CN=C(NCCCOCC1CCCO1)NCCc1c(F)cccc1F.I. The predicted octanol–water partition coefficient (Wildman–Crippen LogP) is 2.88. The number of ether oxygens (including phenoxy) is 2. The van der Waals surface area contributed by atoms with Crippen molar-refractivity contribution in [3.63, 3.8) is 0 Å². The van der Waals surface area contributed by atoms with Crippen LogP contribution in [0, 0.1) is 11.6 Å². The Morgan fingerprint density at radius 2 is 2.00 bits per heavy atom. The summed E-state index contributed by atoms with van der Waals surface area (Å²) in [6.45, 7) is 3.26. The van der Waals surface area contributed by atoms with Crippen LogP contribution in [0.4, 0.5) is 8.78 Å². The molecule has 2 N–H and O–H groups in total. The van der Waals surface area contributed by atoms with E-state index in [1.807, 2.05) is 0 Å². The topological polar surface area (TPSA) is 54.9 Å². The van der Waals surface area contributed by atoms with Crippen LogP contribution < -0.4 is 10.6 Å². The molecule has 1 unspecified atom stereocenters. The molecule has 0 bridgehead atoms. The number of nitrogens with zero attached hydrogens (tertiary/aromatic N) is 1. The van der Waals surface area contributed by atoms with Gasteiger partial charge in [0.15, 0.2) is 5.96 Å². The summed E-state index contributed by atoms with van der Waals surface area (Å²) in [5.74, 6) is -0.433. The molecule has 1 saturated heterocycles. The summed E-state index contributed by atoms with van der Waals surface area (Å²) in [6.07, 6.45) is 3.55. The molecular weight excluding hydrogens is 455 g/mol. The van der Waals surface area contributed by atoms with Crippen LogP contribution in [-0.4, -0.2) is 52.0 Å². The highest BCUT2D eigenvalue weighted by atomic mass is 127. The van der Waals surface area contributed by atoms with Gasteiger partial charge >= 0.3 is 0 Å². The molecule has 0 radical (unpaired) electrons. The molecule has 148 valence electrons. The fourth-order valence-corrected chi connectivity index (χ4v) is 2.67. The van der Waals surface area contributed by atoms with Crippen molar-refractivity contribution >= 4 is 29.9 Å². The number of rotatable bonds is 9. The Morgan fingerprint density at radius 1 is 1.27 bits per heavy atom. The maximum Gasteiger partial charge on any atom is 0.190 e. The van der Waals surface area contributed by atoms with E-state index in [4.69, 9.17) is 9.47 Å². The van der Waals surface area contributed by atoms with Crippen molar-refractivity contribution in [3.8, 4) is 0 Å². The molecule has 5 nitrogen and oxygen atoms in total. The Labute approximate surface area is 171 Å². The van der Waals surface area contributed by atoms with Crippen molar-refractivity contribution in [1.82, 2.24) is 10.6 Å². The number of nitrogens with one attached hydrogen (secondary N) is 2. The smallest absolute Gasteiger partial charge is 0.190 e. The van der Waals surface area contributed by atoms with E-state index in [1.54, 1.807) is 7.05 Å². The van der Waals surface area contributed by atoms with E-state index in [2.05, 4.69) is 15.6 Å². The third-order valence-electron chi connectivity index (χ3n) is 4.04. The fourth-order valence-electron chi connectivity index (χ4n) is 2.67. The maximum atomic E-state index is 13.6. The first-order chi connectivity index (χ1) is 12.2. The van der Waals surface area contributed by atoms with Gasteiger partial charge in [-0.3, -0.25) is 4.99 Å². The maximum absolute atomic E-state index is 13.6. The number of hydrogen-bond donors (Lipinski definition) is 2. The average Bonchev–Trinajstić information content (AvgIpc) is 3.12. The third-order valence-corrected chi connectivity index (χ3v) is 4.04. The van der Waals surface area contributed by atoms with E-state index in [0.717, 1.165) is 25.9 Å². The number of aliphatic imine (C=N–C) groups is 1. The minimum atomic E-state index is -0.520. The van der Waals surface area contributed by atoms with Gasteiger partial charge in [0.2, 0.25) is 0 Å². The van der Waals surface area contributed by atoms with Crippen molar-refractivity contribution in [1.29, 1.82) is 0 Å². The molecule has 1 atom stereocenters. The molecule has 1 heterocycles. The first-order valence-electron chi connectivity index (χ1n) is 8.77. The second-order valence-corrected chi connectivity index (χ2v) is 5.94. The molecular formula is C18H28F2IN3O2. The normalized spacial score (nSPS) is 17.0. The zero-order valence-electron chi connectivity index (χ0n) is 15.1. The largest absolute Gasteiger partial charge is 0.379 e. The van der Waals surface area contributed by atoms with Crippen LogP contribution in [-0.2, 0) is 15.9 Å². The monoisotopic (exact) mass is 483 g/mol. The molecule has 2 rings (SSSR count). The number of guanidine groups is 1. The van der Waals surface area contributed by atoms with Crippen molar-refractivity contribution in [3.05, 3.63) is 35.4 Å². The molecule has 1 aromatic rings. The van der Waals surface area contributed by atoms with Crippen LogP contribution in [0.3, 0.4) is 0 Å². The summed E-state index contributed by atoms with van der Waals surface area (Å²) in [7, 11) is 1.66. The molecule has 0 saturated carbocycles. The van der Waals surface area contributed by atoms with Crippen molar-refractivity contribution in [2.45, 2.75) is 31.8 Å². The Morgan fingerprint density at radius 3 is 2.65 bits per heavy atom. The quantitative estimate of drug-likeness (QED) is 0.246. The van der Waals surface area contributed by atoms with Crippen LogP contribution in [0.5, 0.6) is 0 Å². The second-order valence-electron chi connectivity index (χ2n) is 5.94. The molecule has 26 heavy (non-hydrogen) atoms. The van der Waals surface area contributed by atoms with E-state index in [9.17, 15) is 8.78 Å². The Balaban J connectivity index is 0.00000338. The average molecular weight is 483 g/mol. The Bertz CT molecular complexity index is 535. The van der Waals surface area contributed by atoms with E-state index in [1.165, 1.54) is 18.2 Å². The summed E-state index contributed by atoms with van der Waals surface area (Å²) in [5, 5.41) is 6.21. The molecule has 0 amide bonds. The number of benzene rings is 1. The molecule has 1 aliphatic heterocycles. The van der Waals surface area contributed by atoms with Crippen LogP contribution in [0.15, 0.2) is 23.2 Å². The highest BCUT2D eigenvalue weighted by molar-refractivity contribution is 14.0. The van der Waals surface area contributed by atoms with Gasteiger partial charge in [0.1, 0.15) is 11.6 Å². The van der Waals surface area contributed by atoms with Crippen molar-refractivity contribution in [2.24, 2.45) is 4.99 Å². The molecule has 0 aromatic heterocycles. The van der Waals surface area contributed by atoms with Gasteiger partial charge < -0.3 is 20.1 Å². The van der Waals surface area contributed by atoms with Crippen molar-refractivity contribution in [2.75, 3.05) is 40.0 Å². The first-order valence-corrected chi connectivity index (χ1v) is 8.77. The van der Waals surface area contributed by atoms with Gasteiger partial charge in [0.25, 0.3) is 0 Å². The van der Waals surface area contributed by atoms with E-state index in [-0.39, 0.29) is 42.1 Å². The van der Waals surface area contributed by atoms with Crippen LogP contribution >= 0.6 is 24.0 Å². The highest BCUT2D eigenvalue weighted by Crippen LogP contribution is 2.12. The predicted molar refractivity (Wildman–Crippen MR) is 109 cm³/mol. The van der Waals surface area contributed by atoms with E-state index in [0.29, 0.717) is 32.3 Å². The van der Waals surface area contributed by atoms with Gasteiger partial charge in [-0.2, -0.15) is 0 Å². The lowest BCUT2D eigenvalue weighted by Crippen LogP contribution is -2.39. The first kappa shape index (κ1) is 23.0. The van der Waals surface area contributed by atoms with Crippen molar-refractivity contribution < 1.29 is 18.3 Å². The van der Waals surface area contributed by atoms with Gasteiger partial charge in [0.05, 0.1) is 12.7 Å². The van der Waals surface area contributed by atoms with E-state index < -0.39 is 11.6 Å². The van der Waals surface area contributed by atoms with Gasteiger partial charge in [0, 0.05) is 38.9 Å². The highest BCUT2D eigenvalue weighted by Gasteiger charge is 2.14. The van der Waals surface area contributed by atoms with Crippen LogP contribution in [0.25, 0.3) is 0 Å². The molecule has 1 aliphatic rings. The number of halogens is 3. The standard InChI is InChI=1S/C18H27F2N3O2.HI/c1-21-18(22-9-4-11-24-13-14-5-3-12-25-14)23-10-8-15-16(19)6-2-7-17(15)20;/h2,6-7,14H,3-5,8-13H2,1H3,(H2,21,22,23);1H. The molecule has 8 heteroatoms. The summed E-state index contributed by atoms with van der Waals surface area (Å²) < 4.78 is 38.2. The summed E-state index contributed by atoms with van der Waals surface area (Å²) in [5.41, 5.74) is 0.0907. The zero-order chi connectivity index (χ0) is 17.9. The lowest BCUT2D eigenvalue weighted by molar-refractivity contribution is 0.0168. The Hall–Kier alpha value is -1.000. The van der Waals surface area contributed by atoms with Gasteiger partial charge in [-0.1, -0.05) is 6.07 Å². The van der Waals surface area contributed by atoms with Crippen LogP contribution in [0.2, 0.25) is 0 Å². The molecule has 0 aliphatic carbocycles. The minimum absolute atomic E-state index is 0. The third kappa shape index (κ3) is 8.13. The second kappa shape index (κ2) is 13.2. The minimum Gasteiger partial charge on any atom is -0.379 e. The van der Waals surface area contributed by atoms with Gasteiger partial charge in [-0.15, -0.1) is 24.0 Å². The Kier molecular flexibility index (Phi) is 11.7. The molecule has 1 aromatic carbocycles. The lowest BCUT2D eigenvalue weighted by atomic mass is 10.1. The zero-order valence-corrected chi connectivity index (χ0v) is 17.4. The lowest BCUT2D eigenvalue weighted by Gasteiger charge is -2.13. The number of hydrogen-bond acceptors (Lipinski definition) is 3. The summed E-state index contributed by atoms with van der Waals surface area (Å²) in [6, 6.07) is 3.90.